The number of nitrogens with two attached hydrogens (primary N) is 1. The zero-order valence-electron chi connectivity index (χ0n) is 10.4. The summed E-state index contributed by atoms with van der Waals surface area (Å²) < 4.78 is 1.03. The predicted molar refractivity (Wildman–Crippen MR) is 76.6 cm³/mol. The van der Waals surface area contributed by atoms with Crippen molar-refractivity contribution in [1.82, 2.24) is 5.32 Å². The summed E-state index contributed by atoms with van der Waals surface area (Å²) in [5.41, 5.74) is 8.12. The van der Waals surface area contributed by atoms with Gasteiger partial charge in [-0.2, -0.15) is 0 Å². The number of carbonyl (C=O) groups excluding carboxylic acids is 1. The highest BCUT2D eigenvalue weighted by atomic mass is 79.9. The van der Waals surface area contributed by atoms with Gasteiger partial charge in [0.1, 0.15) is 0 Å². The molecule has 1 saturated heterocycles. The van der Waals surface area contributed by atoms with Crippen LogP contribution < -0.4 is 16.0 Å². The Morgan fingerprint density at radius 1 is 1.44 bits per heavy atom. The molecule has 0 unspecified atom stereocenters. The summed E-state index contributed by atoms with van der Waals surface area (Å²) in [7, 11) is 0. The Bertz CT molecular complexity index is 448. The van der Waals surface area contributed by atoms with Crippen molar-refractivity contribution < 1.29 is 4.79 Å². The van der Waals surface area contributed by atoms with Gasteiger partial charge in [0.15, 0.2) is 0 Å². The van der Waals surface area contributed by atoms with Gasteiger partial charge >= 0.3 is 0 Å². The first-order valence-electron chi connectivity index (χ1n) is 6.14. The van der Waals surface area contributed by atoms with Crippen LogP contribution in [-0.2, 0) is 4.79 Å². The third kappa shape index (κ3) is 3.03. The minimum atomic E-state index is 0.0146. The molecule has 1 fully saturated rings. The van der Waals surface area contributed by atoms with Crippen molar-refractivity contribution in [2.75, 3.05) is 24.5 Å². The lowest BCUT2D eigenvalue weighted by Crippen LogP contribution is -2.28. The molecule has 0 radical (unpaired) electrons. The molecular weight excluding hydrogens is 294 g/mol. The fourth-order valence-corrected chi connectivity index (χ4v) is 2.83. The van der Waals surface area contributed by atoms with Crippen LogP contribution in [0.25, 0.3) is 0 Å². The summed E-state index contributed by atoms with van der Waals surface area (Å²) in [6.07, 6.45) is 0.548. The number of nitrogens with zero attached hydrogens (tertiary/aromatic N) is 1. The van der Waals surface area contributed by atoms with E-state index in [2.05, 4.69) is 38.3 Å². The number of halogens is 1. The Balaban J connectivity index is 2.18. The maximum absolute atomic E-state index is 11.3. The first-order chi connectivity index (χ1) is 8.58. The average Bonchev–Trinajstić information content (AvgIpc) is 2.53. The van der Waals surface area contributed by atoms with Crippen LogP contribution in [0.15, 0.2) is 22.7 Å². The van der Waals surface area contributed by atoms with Gasteiger partial charge in [0.05, 0.1) is 0 Å². The van der Waals surface area contributed by atoms with Gasteiger partial charge in [0.25, 0.3) is 0 Å². The molecule has 1 aliphatic heterocycles. The molecule has 5 heteroatoms. The molecular formula is C13H18BrN3O. The second-order valence-electron chi connectivity index (χ2n) is 4.58. The van der Waals surface area contributed by atoms with Gasteiger partial charge in [-0.05, 0) is 24.6 Å². The molecule has 1 atom stereocenters. The van der Waals surface area contributed by atoms with Crippen molar-refractivity contribution in [3.63, 3.8) is 0 Å². The van der Waals surface area contributed by atoms with E-state index in [0.717, 1.165) is 28.8 Å². The molecule has 2 rings (SSSR count). The van der Waals surface area contributed by atoms with Crippen LogP contribution in [0.4, 0.5) is 5.69 Å². The van der Waals surface area contributed by atoms with Crippen molar-refractivity contribution in [3.05, 3.63) is 28.2 Å². The molecule has 1 heterocycles. The quantitative estimate of drug-likeness (QED) is 0.875. The van der Waals surface area contributed by atoms with Crippen LogP contribution in [-0.4, -0.2) is 25.5 Å². The van der Waals surface area contributed by atoms with Crippen molar-refractivity contribution >= 4 is 27.5 Å². The van der Waals surface area contributed by atoms with Gasteiger partial charge < -0.3 is 16.0 Å². The van der Waals surface area contributed by atoms with Crippen molar-refractivity contribution in [3.8, 4) is 0 Å². The molecule has 0 spiro atoms. The highest BCUT2D eigenvalue weighted by Gasteiger charge is 2.15. The fourth-order valence-electron chi connectivity index (χ4n) is 2.11. The van der Waals surface area contributed by atoms with E-state index < -0.39 is 0 Å². The van der Waals surface area contributed by atoms with E-state index >= 15 is 0 Å². The number of nitrogens with one attached hydrogen (secondary N) is 1. The average molecular weight is 312 g/mol. The molecule has 1 aromatic carbocycles. The zero-order valence-corrected chi connectivity index (χ0v) is 12.0. The third-order valence-electron chi connectivity index (χ3n) is 3.15. The molecule has 98 valence electrons. The summed E-state index contributed by atoms with van der Waals surface area (Å²) in [6, 6.07) is 6.21. The van der Waals surface area contributed by atoms with Gasteiger partial charge in [-0.15, -0.1) is 0 Å². The normalized spacial score (nSPS) is 18.2. The monoisotopic (exact) mass is 311 g/mol. The molecule has 0 aromatic heterocycles. The van der Waals surface area contributed by atoms with E-state index in [4.69, 9.17) is 5.73 Å². The Morgan fingerprint density at radius 2 is 2.22 bits per heavy atom. The van der Waals surface area contributed by atoms with Gasteiger partial charge in [-0.25, -0.2) is 0 Å². The van der Waals surface area contributed by atoms with Crippen LogP contribution in [0.5, 0.6) is 0 Å². The number of carbonyl (C=O) groups is 1. The van der Waals surface area contributed by atoms with E-state index in [9.17, 15) is 4.79 Å². The largest absolute Gasteiger partial charge is 0.369 e. The molecule has 0 saturated carbocycles. The van der Waals surface area contributed by atoms with Gasteiger partial charge in [0.2, 0.25) is 5.91 Å². The number of hydrogen-bond donors (Lipinski definition) is 2. The molecule has 18 heavy (non-hydrogen) atoms. The van der Waals surface area contributed by atoms with E-state index in [-0.39, 0.29) is 11.9 Å². The SMILES string of the molecule is C[C@@H](N)c1ccc(N2CCNC(=O)CC2)cc1Br. The number of benzene rings is 1. The second-order valence-corrected chi connectivity index (χ2v) is 5.44. The Kier molecular flexibility index (Phi) is 4.24. The second kappa shape index (κ2) is 5.71. The van der Waals surface area contributed by atoms with Gasteiger partial charge in [-0.3, -0.25) is 4.79 Å². The number of hydrogen-bond acceptors (Lipinski definition) is 3. The fraction of sp³-hybridized carbons (Fsp3) is 0.462. The lowest BCUT2D eigenvalue weighted by molar-refractivity contribution is -0.120. The summed E-state index contributed by atoms with van der Waals surface area (Å²) in [4.78, 5) is 13.5. The van der Waals surface area contributed by atoms with E-state index in [1.54, 1.807) is 0 Å². The van der Waals surface area contributed by atoms with Crippen LogP contribution in [0, 0.1) is 0 Å². The molecule has 1 amide bonds. The Hall–Kier alpha value is -1.07. The molecule has 3 N–H and O–H groups in total. The van der Waals surface area contributed by atoms with Crippen molar-refractivity contribution in [1.29, 1.82) is 0 Å². The third-order valence-corrected chi connectivity index (χ3v) is 3.84. The maximum Gasteiger partial charge on any atom is 0.221 e. The first kappa shape index (κ1) is 13.4. The summed E-state index contributed by atoms with van der Waals surface area (Å²) in [6.45, 7) is 4.27. The maximum atomic E-state index is 11.3. The van der Waals surface area contributed by atoms with Gasteiger partial charge in [-0.1, -0.05) is 22.0 Å². The summed E-state index contributed by atoms with van der Waals surface area (Å²) >= 11 is 3.56. The van der Waals surface area contributed by atoms with Crippen LogP contribution in [0.2, 0.25) is 0 Å². The van der Waals surface area contributed by atoms with Crippen molar-refractivity contribution in [2.45, 2.75) is 19.4 Å². The molecule has 1 aliphatic rings. The van der Waals surface area contributed by atoms with Crippen molar-refractivity contribution in [2.24, 2.45) is 5.73 Å². The lowest BCUT2D eigenvalue weighted by Gasteiger charge is -2.23. The molecule has 4 nitrogen and oxygen atoms in total. The van der Waals surface area contributed by atoms with E-state index in [1.165, 1.54) is 0 Å². The smallest absolute Gasteiger partial charge is 0.221 e. The summed E-state index contributed by atoms with van der Waals surface area (Å²) in [5.74, 6) is 0.128. The van der Waals surface area contributed by atoms with Crippen LogP contribution in [0.1, 0.15) is 24.9 Å². The lowest BCUT2D eigenvalue weighted by atomic mass is 10.1. The minimum Gasteiger partial charge on any atom is -0.369 e. The Morgan fingerprint density at radius 3 is 2.89 bits per heavy atom. The zero-order chi connectivity index (χ0) is 13.1. The van der Waals surface area contributed by atoms with Crippen LogP contribution >= 0.6 is 15.9 Å². The number of rotatable bonds is 2. The topological polar surface area (TPSA) is 58.4 Å². The first-order valence-corrected chi connectivity index (χ1v) is 6.94. The van der Waals surface area contributed by atoms with E-state index in [1.807, 2.05) is 13.0 Å². The van der Waals surface area contributed by atoms with Crippen LogP contribution in [0.3, 0.4) is 0 Å². The van der Waals surface area contributed by atoms with E-state index in [0.29, 0.717) is 13.0 Å². The molecule has 1 aromatic rings. The predicted octanol–water partition coefficient (Wildman–Crippen LogP) is 1.80. The Labute approximate surface area is 116 Å². The minimum absolute atomic E-state index is 0.0146. The molecule has 0 aliphatic carbocycles. The highest BCUT2D eigenvalue weighted by Crippen LogP contribution is 2.27. The standard InChI is InChI=1S/C13H18BrN3O/c1-9(15)11-3-2-10(8-12(11)14)17-6-4-13(18)16-5-7-17/h2-3,8-9H,4-7,15H2,1H3,(H,16,18)/t9-/m1/s1. The van der Waals surface area contributed by atoms with Gasteiger partial charge in [0, 0.05) is 42.3 Å². The number of amides is 1. The summed E-state index contributed by atoms with van der Waals surface area (Å²) in [5, 5.41) is 2.88. The number of anilines is 1. The highest BCUT2D eigenvalue weighted by molar-refractivity contribution is 9.10. The molecule has 0 bridgehead atoms.